The van der Waals surface area contributed by atoms with E-state index in [4.69, 9.17) is 5.11 Å². The van der Waals surface area contributed by atoms with E-state index in [1.165, 1.54) is 7.11 Å². The highest BCUT2D eigenvalue weighted by molar-refractivity contribution is 5.67. The van der Waals surface area contributed by atoms with Crippen LogP contribution in [0.3, 0.4) is 0 Å². The zero-order valence-electron chi connectivity index (χ0n) is 9.76. The van der Waals surface area contributed by atoms with Gasteiger partial charge in [0.2, 0.25) is 0 Å². The lowest BCUT2D eigenvalue weighted by molar-refractivity contribution is -0.139. The van der Waals surface area contributed by atoms with Crippen LogP contribution in [0.1, 0.15) is 12.8 Å². The fraction of sp³-hybridized carbons (Fsp3) is 0.800. The summed E-state index contributed by atoms with van der Waals surface area (Å²) in [5.74, 6) is -1.01. The molecule has 7 nitrogen and oxygen atoms in total. The smallest absolute Gasteiger partial charge is 0.407 e. The van der Waals surface area contributed by atoms with E-state index in [1.54, 1.807) is 0 Å². The van der Waals surface area contributed by atoms with Crippen molar-refractivity contribution in [3.05, 3.63) is 0 Å². The predicted octanol–water partition coefficient (Wildman–Crippen LogP) is -0.748. The van der Waals surface area contributed by atoms with Crippen LogP contribution in [0.25, 0.3) is 0 Å². The van der Waals surface area contributed by atoms with Gasteiger partial charge in [-0.25, -0.2) is 4.79 Å². The summed E-state index contributed by atoms with van der Waals surface area (Å²) in [6, 6.07) is -0.000483. The van der Waals surface area contributed by atoms with Gasteiger partial charge < -0.3 is 20.3 Å². The molecule has 2 atom stereocenters. The van der Waals surface area contributed by atoms with Crippen molar-refractivity contribution in [1.82, 2.24) is 10.2 Å². The number of ether oxygens (including phenoxy) is 1. The molecular weight excluding hydrogens is 228 g/mol. The van der Waals surface area contributed by atoms with Gasteiger partial charge in [0.05, 0.1) is 19.6 Å². The molecule has 0 bridgehead atoms. The Morgan fingerprint density at radius 3 is 2.88 bits per heavy atom. The first kappa shape index (κ1) is 13.7. The molecule has 0 aromatic carbocycles. The van der Waals surface area contributed by atoms with E-state index in [1.807, 2.05) is 4.90 Å². The molecule has 1 rings (SSSR count). The maximum Gasteiger partial charge on any atom is 0.407 e. The van der Waals surface area contributed by atoms with Gasteiger partial charge in [-0.15, -0.1) is 0 Å². The van der Waals surface area contributed by atoms with Crippen molar-refractivity contribution < 1.29 is 24.5 Å². The van der Waals surface area contributed by atoms with Crippen LogP contribution >= 0.6 is 0 Å². The quantitative estimate of drug-likeness (QED) is 0.590. The summed E-state index contributed by atoms with van der Waals surface area (Å²) in [4.78, 5) is 23.3. The minimum Gasteiger partial charge on any atom is -0.481 e. The van der Waals surface area contributed by atoms with Crippen molar-refractivity contribution >= 4 is 12.1 Å². The van der Waals surface area contributed by atoms with Crippen LogP contribution in [-0.2, 0) is 9.53 Å². The molecular formula is C10H18N2O5. The van der Waals surface area contributed by atoms with Gasteiger partial charge in [-0.1, -0.05) is 0 Å². The second-order valence-electron chi connectivity index (χ2n) is 4.13. The van der Waals surface area contributed by atoms with Crippen molar-refractivity contribution in [2.75, 3.05) is 26.7 Å². The lowest BCUT2D eigenvalue weighted by atomic mass is 10.2. The van der Waals surface area contributed by atoms with Gasteiger partial charge in [-0.2, -0.15) is 0 Å². The summed E-state index contributed by atoms with van der Waals surface area (Å²) in [6.45, 7) is 1.64. The highest BCUT2D eigenvalue weighted by Gasteiger charge is 2.25. The van der Waals surface area contributed by atoms with Gasteiger partial charge in [0, 0.05) is 25.7 Å². The molecule has 17 heavy (non-hydrogen) atoms. The van der Waals surface area contributed by atoms with Crippen LogP contribution in [0.2, 0.25) is 0 Å². The summed E-state index contributed by atoms with van der Waals surface area (Å²) < 4.78 is 4.49. The van der Waals surface area contributed by atoms with E-state index in [-0.39, 0.29) is 12.5 Å². The Hall–Kier alpha value is -1.34. The molecule has 0 aliphatic carbocycles. The topological polar surface area (TPSA) is 99.1 Å². The Balaban J connectivity index is 2.25. The second-order valence-corrected chi connectivity index (χ2v) is 4.13. The van der Waals surface area contributed by atoms with Gasteiger partial charge in [0.25, 0.3) is 0 Å². The van der Waals surface area contributed by atoms with Crippen LogP contribution in [0.4, 0.5) is 4.79 Å². The van der Waals surface area contributed by atoms with Gasteiger partial charge in [-0.3, -0.25) is 9.69 Å². The number of nitrogens with one attached hydrogen (secondary N) is 1. The maximum absolute atomic E-state index is 11.0. The molecule has 0 saturated carbocycles. The number of alkyl carbamates (subject to hydrolysis) is 1. The number of carboxylic acid groups (broad SMARTS) is 1. The number of β-amino-alcohol motifs (C(OH)–C–C–N with tert-alkyl or cyclic N) is 1. The summed E-state index contributed by atoms with van der Waals surface area (Å²) in [5.41, 5.74) is 0. The van der Waals surface area contributed by atoms with Crippen molar-refractivity contribution in [3.8, 4) is 0 Å². The molecule has 7 heteroatoms. The molecule has 3 N–H and O–H groups in total. The predicted molar refractivity (Wildman–Crippen MR) is 58.6 cm³/mol. The average molecular weight is 246 g/mol. The van der Waals surface area contributed by atoms with E-state index in [0.29, 0.717) is 13.1 Å². The summed E-state index contributed by atoms with van der Waals surface area (Å²) in [5, 5.41) is 20.6. The Labute approximate surface area is 99.4 Å². The van der Waals surface area contributed by atoms with E-state index in [0.717, 1.165) is 13.0 Å². The number of carboxylic acids is 1. The van der Waals surface area contributed by atoms with Gasteiger partial charge in [0.15, 0.2) is 0 Å². The average Bonchev–Trinajstić information content (AvgIpc) is 2.63. The Bertz CT molecular complexity index is 284. The fourth-order valence-corrected chi connectivity index (χ4v) is 1.91. The van der Waals surface area contributed by atoms with Crippen LogP contribution in [0.15, 0.2) is 0 Å². The molecule has 1 amide bonds. The van der Waals surface area contributed by atoms with Crippen molar-refractivity contribution in [3.63, 3.8) is 0 Å². The number of carbonyl (C=O) groups excluding carboxylic acids is 1. The summed E-state index contributed by atoms with van der Waals surface area (Å²) >= 11 is 0. The number of rotatable bonds is 5. The van der Waals surface area contributed by atoms with Gasteiger partial charge in [-0.05, 0) is 6.42 Å². The number of nitrogens with zero attached hydrogens (tertiary/aromatic N) is 1. The molecule has 0 radical (unpaired) electrons. The van der Waals surface area contributed by atoms with Crippen LogP contribution in [0.5, 0.6) is 0 Å². The molecule has 2 unspecified atom stereocenters. The lowest BCUT2D eigenvalue weighted by Crippen LogP contribution is -2.38. The molecule has 0 aromatic heterocycles. The second kappa shape index (κ2) is 6.41. The van der Waals surface area contributed by atoms with E-state index in [2.05, 4.69) is 10.1 Å². The molecule has 1 fully saturated rings. The summed E-state index contributed by atoms with van der Waals surface area (Å²) in [6.07, 6.45) is -0.826. The Kier molecular flexibility index (Phi) is 5.17. The first-order valence-corrected chi connectivity index (χ1v) is 5.48. The molecule has 0 spiro atoms. The van der Waals surface area contributed by atoms with E-state index in [9.17, 15) is 14.7 Å². The zero-order chi connectivity index (χ0) is 12.8. The minimum absolute atomic E-state index is 0.000483. The number of aliphatic carboxylic acids is 1. The van der Waals surface area contributed by atoms with Crippen LogP contribution < -0.4 is 5.32 Å². The molecule has 1 aliphatic heterocycles. The third kappa shape index (κ3) is 5.01. The number of carbonyl (C=O) groups is 2. The fourth-order valence-electron chi connectivity index (χ4n) is 1.91. The zero-order valence-corrected chi connectivity index (χ0v) is 9.76. The van der Waals surface area contributed by atoms with E-state index < -0.39 is 18.2 Å². The number of hydrogen-bond donors (Lipinski definition) is 3. The van der Waals surface area contributed by atoms with Crippen molar-refractivity contribution in [2.45, 2.75) is 25.0 Å². The third-order valence-corrected chi connectivity index (χ3v) is 2.66. The highest BCUT2D eigenvalue weighted by Crippen LogP contribution is 2.10. The number of hydrogen-bond acceptors (Lipinski definition) is 5. The SMILES string of the molecule is COC(=O)NC1CCN(CC(O)CC(=O)O)C1. The molecule has 0 aromatic rings. The number of amides is 1. The van der Waals surface area contributed by atoms with E-state index >= 15 is 0 Å². The summed E-state index contributed by atoms with van der Waals surface area (Å²) in [7, 11) is 1.30. The first-order valence-electron chi connectivity index (χ1n) is 5.48. The van der Waals surface area contributed by atoms with Crippen molar-refractivity contribution in [2.24, 2.45) is 0 Å². The third-order valence-electron chi connectivity index (χ3n) is 2.66. The molecule has 98 valence electrons. The monoisotopic (exact) mass is 246 g/mol. The standard InChI is InChI=1S/C10H18N2O5/c1-17-10(16)11-7-2-3-12(5-7)6-8(13)4-9(14)15/h7-8,13H,2-6H2,1H3,(H,11,16)(H,14,15). The highest BCUT2D eigenvalue weighted by atomic mass is 16.5. The van der Waals surface area contributed by atoms with Crippen LogP contribution in [-0.4, -0.2) is 66.1 Å². The van der Waals surface area contributed by atoms with Gasteiger partial charge >= 0.3 is 12.1 Å². The lowest BCUT2D eigenvalue weighted by Gasteiger charge is -2.19. The van der Waals surface area contributed by atoms with Crippen LogP contribution in [0, 0.1) is 0 Å². The number of likely N-dealkylation sites (tertiary alicyclic amines) is 1. The number of aliphatic hydroxyl groups excluding tert-OH is 1. The maximum atomic E-state index is 11.0. The largest absolute Gasteiger partial charge is 0.481 e. The number of methoxy groups -OCH3 is 1. The molecule has 1 aliphatic rings. The van der Waals surface area contributed by atoms with Crippen molar-refractivity contribution in [1.29, 1.82) is 0 Å². The number of aliphatic hydroxyl groups is 1. The Morgan fingerprint density at radius 2 is 2.29 bits per heavy atom. The first-order chi connectivity index (χ1) is 8.01. The molecule has 1 heterocycles. The molecule has 1 saturated heterocycles. The van der Waals surface area contributed by atoms with Gasteiger partial charge in [0.1, 0.15) is 0 Å². The Morgan fingerprint density at radius 1 is 1.59 bits per heavy atom. The normalized spacial score (nSPS) is 22.1. The minimum atomic E-state index is -1.01.